The molecule has 3 aromatic rings. The van der Waals surface area contributed by atoms with Crippen LogP contribution in [0.15, 0.2) is 78.9 Å². The van der Waals surface area contributed by atoms with E-state index in [1.165, 1.54) is 6.07 Å². The Kier molecular flexibility index (Phi) is 7.27. The van der Waals surface area contributed by atoms with E-state index in [1.54, 1.807) is 66.7 Å². The molecule has 0 aliphatic rings. The molecular weight excluding hydrogens is 428 g/mol. The first-order valence-corrected chi connectivity index (χ1v) is 11.6. The topological polar surface area (TPSA) is 102 Å². The van der Waals surface area contributed by atoms with Crippen LogP contribution in [-0.2, 0) is 14.8 Å². The van der Waals surface area contributed by atoms with Crippen LogP contribution in [-0.4, -0.2) is 32.0 Å². The molecule has 0 aliphatic heterocycles. The summed E-state index contributed by atoms with van der Waals surface area (Å²) in [4.78, 5) is 24.9. The van der Waals surface area contributed by atoms with Crippen LogP contribution in [0, 0.1) is 0 Å². The number of sulfonamides is 1. The van der Waals surface area contributed by atoms with E-state index in [1.807, 2.05) is 19.9 Å². The molecule has 0 saturated carbocycles. The predicted octanol–water partition coefficient (Wildman–Crippen LogP) is 4.09. The summed E-state index contributed by atoms with van der Waals surface area (Å²) in [5, 5.41) is 2.53. The molecule has 0 aromatic heterocycles. The highest BCUT2D eigenvalue weighted by molar-refractivity contribution is 7.93. The number of anilines is 2. The van der Waals surface area contributed by atoms with Crippen molar-refractivity contribution in [2.45, 2.75) is 20.0 Å². The Hall–Kier alpha value is -3.65. The minimum atomic E-state index is -3.93. The van der Waals surface area contributed by atoms with Crippen molar-refractivity contribution in [3.63, 3.8) is 0 Å². The lowest BCUT2D eigenvalue weighted by Gasteiger charge is -2.12. The molecule has 1 amide bonds. The summed E-state index contributed by atoms with van der Waals surface area (Å²) in [6.07, 6.45) is 0.00252. The van der Waals surface area contributed by atoms with Gasteiger partial charge in [0.2, 0.25) is 15.9 Å². The SMILES string of the molecule is CC(C)Oc1ccc(NS(=O)(=O)CC(=O)Nc2cccc(C(=O)c3ccccc3)c2)cc1. The first-order valence-electron chi connectivity index (χ1n) is 9.99. The minimum Gasteiger partial charge on any atom is -0.491 e. The smallest absolute Gasteiger partial charge is 0.241 e. The molecule has 3 aromatic carbocycles. The Morgan fingerprint density at radius 3 is 2.16 bits per heavy atom. The third-order valence-corrected chi connectivity index (χ3v) is 5.45. The van der Waals surface area contributed by atoms with Gasteiger partial charge in [-0.3, -0.25) is 14.3 Å². The molecule has 0 bridgehead atoms. The Morgan fingerprint density at radius 1 is 0.844 bits per heavy atom. The lowest BCUT2D eigenvalue weighted by Crippen LogP contribution is -2.27. The van der Waals surface area contributed by atoms with Crippen molar-refractivity contribution in [3.05, 3.63) is 90.0 Å². The molecule has 0 spiro atoms. The van der Waals surface area contributed by atoms with Crippen molar-refractivity contribution < 1.29 is 22.7 Å². The van der Waals surface area contributed by atoms with Crippen molar-refractivity contribution in [2.24, 2.45) is 0 Å². The van der Waals surface area contributed by atoms with E-state index < -0.39 is 21.7 Å². The Labute approximate surface area is 187 Å². The van der Waals surface area contributed by atoms with Crippen LogP contribution in [0.25, 0.3) is 0 Å². The number of hydrogen-bond donors (Lipinski definition) is 2. The van der Waals surface area contributed by atoms with E-state index in [0.717, 1.165) is 0 Å². The first-order chi connectivity index (χ1) is 15.2. The van der Waals surface area contributed by atoms with Crippen LogP contribution in [0.1, 0.15) is 29.8 Å². The standard InChI is InChI=1S/C24H24N2O5S/c1-17(2)31-22-13-11-20(12-14-22)26-32(29,30)16-23(27)25-21-10-6-9-19(15-21)24(28)18-7-4-3-5-8-18/h3-15,17,26H,16H2,1-2H3,(H,25,27). The first kappa shape index (κ1) is 23.0. The van der Waals surface area contributed by atoms with Gasteiger partial charge in [-0.2, -0.15) is 0 Å². The van der Waals surface area contributed by atoms with E-state index in [0.29, 0.717) is 28.3 Å². The number of hydrogen-bond acceptors (Lipinski definition) is 5. The van der Waals surface area contributed by atoms with Crippen LogP contribution >= 0.6 is 0 Å². The quantitative estimate of drug-likeness (QED) is 0.476. The van der Waals surface area contributed by atoms with Gasteiger partial charge in [0.25, 0.3) is 0 Å². The maximum atomic E-state index is 12.6. The molecule has 0 atom stereocenters. The molecule has 166 valence electrons. The van der Waals surface area contributed by atoms with Gasteiger partial charge >= 0.3 is 0 Å². The maximum absolute atomic E-state index is 12.6. The van der Waals surface area contributed by atoms with Gasteiger partial charge in [0.1, 0.15) is 11.5 Å². The number of carbonyl (C=O) groups is 2. The second kappa shape index (κ2) is 10.1. The fraction of sp³-hybridized carbons (Fsp3) is 0.167. The van der Waals surface area contributed by atoms with Crippen molar-refractivity contribution in [3.8, 4) is 5.75 Å². The molecule has 0 unspecified atom stereocenters. The van der Waals surface area contributed by atoms with Gasteiger partial charge in [-0.25, -0.2) is 8.42 Å². The number of ketones is 1. The van der Waals surface area contributed by atoms with Crippen LogP contribution < -0.4 is 14.8 Å². The Bertz CT molecular complexity index is 1190. The molecule has 3 rings (SSSR count). The van der Waals surface area contributed by atoms with Gasteiger partial charge in [-0.05, 0) is 50.2 Å². The lowest BCUT2D eigenvalue weighted by atomic mass is 10.0. The Balaban J connectivity index is 1.62. The van der Waals surface area contributed by atoms with E-state index >= 15 is 0 Å². The molecule has 0 radical (unpaired) electrons. The number of carbonyl (C=O) groups excluding carboxylic acids is 2. The fourth-order valence-corrected chi connectivity index (χ4v) is 3.94. The van der Waals surface area contributed by atoms with Crippen molar-refractivity contribution in [2.75, 3.05) is 15.8 Å². The highest BCUT2D eigenvalue weighted by atomic mass is 32.2. The predicted molar refractivity (Wildman–Crippen MR) is 125 cm³/mol. The Morgan fingerprint density at radius 2 is 1.50 bits per heavy atom. The molecule has 0 aliphatic carbocycles. The van der Waals surface area contributed by atoms with Gasteiger partial charge in [0.15, 0.2) is 5.78 Å². The third-order valence-electron chi connectivity index (χ3n) is 4.27. The number of ether oxygens (including phenoxy) is 1. The zero-order valence-corrected chi connectivity index (χ0v) is 18.6. The molecule has 32 heavy (non-hydrogen) atoms. The van der Waals surface area contributed by atoms with Crippen LogP contribution in [0.2, 0.25) is 0 Å². The summed E-state index contributed by atoms with van der Waals surface area (Å²) in [6.45, 7) is 3.78. The highest BCUT2D eigenvalue weighted by Gasteiger charge is 2.17. The van der Waals surface area contributed by atoms with Crippen molar-refractivity contribution >= 4 is 33.1 Å². The van der Waals surface area contributed by atoms with Gasteiger partial charge in [-0.15, -0.1) is 0 Å². The number of nitrogens with one attached hydrogen (secondary N) is 2. The second-order valence-corrected chi connectivity index (χ2v) is 9.10. The average molecular weight is 453 g/mol. The number of amides is 1. The zero-order chi connectivity index (χ0) is 23.1. The summed E-state index contributed by atoms with van der Waals surface area (Å²) >= 11 is 0. The summed E-state index contributed by atoms with van der Waals surface area (Å²) in [6, 6.07) is 21.5. The summed E-state index contributed by atoms with van der Waals surface area (Å²) in [5.74, 6) is -1.07. The van der Waals surface area contributed by atoms with Crippen LogP contribution in [0.3, 0.4) is 0 Å². The zero-order valence-electron chi connectivity index (χ0n) is 17.7. The van der Waals surface area contributed by atoms with Gasteiger partial charge in [-0.1, -0.05) is 42.5 Å². The van der Waals surface area contributed by atoms with Crippen LogP contribution in [0.5, 0.6) is 5.75 Å². The summed E-state index contributed by atoms with van der Waals surface area (Å²) < 4.78 is 32.6. The van der Waals surface area contributed by atoms with E-state index in [-0.39, 0.29) is 11.9 Å². The summed E-state index contributed by atoms with van der Waals surface area (Å²) in [5.41, 5.74) is 1.57. The molecule has 2 N–H and O–H groups in total. The maximum Gasteiger partial charge on any atom is 0.241 e. The van der Waals surface area contributed by atoms with Crippen LogP contribution in [0.4, 0.5) is 11.4 Å². The monoisotopic (exact) mass is 452 g/mol. The third kappa shape index (κ3) is 6.68. The number of rotatable bonds is 9. The minimum absolute atomic E-state index is 0.00252. The van der Waals surface area contributed by atoms with Gasteiger partial charge in [0.05, 0.1) is 6.10 Å². The largest absolute Gasteiger partial charge is 0.491 e. The second-order valence-electron chi connectivity index (χ2n) is 7.38. The van der Waals surface area contributed by atoms with Crippen molar-refractivity contribution in [1.82, 2.24) is 0 Å². The molecule has 8 heteroatoms. The van der Waals surface area contributed by atoms with Gasteiger partial charge < -0.3 is 10.1 Å². The van der Waals surface area contributed by atoms with Gasteiger partial charge in [0, 0.05) is 22.5 Å². The lowest BCUT2D eigenvalue weighted by molar-refractivity contribution is -0.113. The summed E-state index contributed by atoms with van der Waals surface area (Å²) in [7, 11) is -3.93. The normalized spacial score (nSPS) is 11.1. The molecule has 7 nitrogen and oxygen atoms in total. The van der Waals surface area contributed by atoms with E-state index in [2.05, 4.69) is 10.0 Å². The van der Waals surface area contributed by atoms with E-state index in [4.69, 9.17) is 4.74 Å². The average Bonchev–Trinajstić information content (AvgIpc) is 2.74. The molecule has 0 fully saturated rings. The highest BCUT2D eigenvalue weighted by Crippen LogP contribution is 2.18. The molecule has 0 saturated heterocycles. The molecule has 0 heterocycles. The van der Waals surface area contributed by atoms with E-state index in [9.17, 15) is 18.0 Å². The fourth-order valence-electron chi connectivity index (χ4n) is 2.95. The number of benzene rings is 3. The van der Waals surface area contributed by atoms with Crippen molar-refractivity contribution in [1.29, 1.82) is 0 Å². The molecular formula is C24H24N2O5S.